The highest BCUT2D eigenvalue weighted by Gasteiger charge is 2.14. The SMILES string of the molecule is Fc1ccc(Nc2nncc(Nc3cccc4cccnc34)n2)c(F)c1F. The molecule has 2 aromatic heterocycles. The van der Waals surface area contributed by atoms with Crippen molar-refractivity contribution >= 4 is 34.0 Å². The molecule has 0 spiro atoms. The number of hydrogen-bond acceptors (Lipinski definition) is 6. The number of nitrogens with one attached hydrogen (secondary N) is 2. The molecule has 0 radical (unpaired) electrons. The summed E-state index contributed by atoms with van der Waals surface area (Å²) in [7, 11) is 0. The quantitative estimate of drug-likeness (QED) is 0.523. The van der Waals surface area contributed by atoms with Gasteiger partial charge in [0.25, 0.3) is 0 Å². The fourth-order valence-electron chi connectivity index (χ4n) is 2.50. The van der Waals surface area contributed by atoms with E-state index in [-0.39, 0.29) is 11.6 Å². The number of anilines is 4. The van der Waals surface area contributed by atoms with Crippen molar-refractivity contribution in [1.29, 1.82) is 0 Å². The van der Waals surface area contributed by atoms with Crippen molar-refractivity contribution in [3.8, 4) is 0 Å². The summed E-state index contributed by atoms with van der Waals surface area (Å²) in [4.78, 5) is 8.49. The summed E-state index contributed by atoms with van der Waals surface area (Å²) in [5, 5.41) is 14.0. The second-order valence-electron chi connectivity index (χ2n) is 5.52. The van der Waals surface area contributed by atoms with Gasteiger partial charge < -0.3 is 10.6 Å². The van der Waals surface area contributed by atoms with Crippen molar-refractivity contribution in [3.63, 3.8) is 0 Å². The first-order valence-corrected chi connectivity index (χ1v) is 7.83. The van der Waals surface area contributed by atoms with Gasteiger partial charge in [-0.2, -0.15) is 10.1 Å². The Hall–Kier alpha value is -3.75. The van der Waals surface area contributed by atoms with Crippen LogP contribution in [-0.4, -0.2) is 20.2 Å². The van der Waals surface area contributed by atoms with E-state index in [0.717, 1.165) is 23.0 Å². The molecule has 4 rings (SSSR count). The first kappa shape index (κ1) is 16.7. The first-order valence-electron chi connectivity index (χ1n) is 7.83. The molecule has 0 aliphatic heterocycles. The van der Waals surface area contributed by atoms with Gasteiger partial charge in [0.2, 0.25) is 5.95 Å². The minimum absolute atomic E-state index is 0.0851. The number of hydrogen-bond donors (Lipinski definition) is 2. The van der Waals surface area contributed by atoms with Gasteiger partial charge in [-0.25, -0.2) is 13.2 Å². The van der Waals surface area contributed by atoms with Crippen molar-refractivity contribution in [1.82, 2.24) is 20.2 Å². The van der Waals surface area contributed by atoms with Crippen molar-refractivity contribution in [2.24, 2.45) is 0 Å². The molecule has 0 aliphatic rings. The van der Waals surface area contributed by atoms with E-state index in [4.69, 9.17) is 0 Å². The monoisotopic (exact) mass is 368 g/mol. The largest absolute Gasteiger partial charge is 0.337 e. The standard InChI is InChI=1S/C18H11F3N6/c19-11-6-7-12(16(21)15(11)20)25-18-26-14(9-23-27-18)24-13-5-1-3-10-4-2-8-22-17(10)13/h1-9H,(H2,24,25,26,27). The lowest BCUT2D eigenvalue weighted by molar-refractivity contribution is 0.449. The lowest BCUT2D eigenvalue weighted by Gasteiger charge is -2.10. The highest BCUT2D eigenvalue weighted by atomic mass is 19.2. The van der Waals surface area contributed by atoms with Crippen molar-refractivity contribution in [3.05, 3.63) is 72.3 Å². The zero-order chi connectivity index (χ0) is 18.8. The second-order valence-corrected chi connectivity index (χ2v) is 5.52. The van der Waals surface area contributed by atoms with Gasteiger partial charge in [-0.3, -0.25) is 4.98 Å². The average molecular weight is 368 g/mol. The Kier molecular flexibility index (Phi) is 4.25. The summed E-state index contributed by atoms with van der Waals surface area (Å²) < 4.78 is 40.2. The molecule has 0 saturated carbocycles. The molecule has 6 nitrogen and oxygen atoms in total. The zero-order valence-corrected chi connectivity index (χ0v) is 13.6. The van der Waals surface area contributed by atoms with Gasteiger partial charge in [0.15, 0.2) is 23.3 Å². The van der Waals surface area contributed by atoms with Gasteiger partial charge in [-0.1, -0.05) is 18.2 Å². The molecule has 0 saturated heterocycles. The van der Waals surface area contributed by atoms with E-state index < -0.39 is 17.5 Å². The van der Waals surface area contributed by atoms with E-state index in [0.29, 0.717) is 11.5 Å². The molecule has 0 atom stereocenters. The minimum Gasteiger partial charge on any atom is -0.337 e. The first-order chi connectivity index (χ1) is 13.1. The van der Waals surface area contributed by atoms with Crippen molar-refractivity contribution in [2.45, 2.75) is 0 Å². The molecule has 0 amide bonds. The summed E-state index contributed by atoms with van der Waals surface area (Å²) in [6.45, 7) is 0. The highest BCUT2D eigenvalue weighted by Crippen LogP contribution is 2.25. The Morgan fingerprint density at radius 3 is 2.56 bits per heavy atom. The topological polar surface area (TPSA) is 75.6 Å². The Balaban J connectivity index is 1.62. The number of halogens is 3. The summed E-state index contributed by atoms with van der Waals surface area (Å²) >= 11 is 0. The maximum Gasteiger partial charge on any atom is 0.249 e. The normalized spacial score (nSPS) is 10.8. The molecule has 9 heteroatoms. The van der Waals surface area contributed by atoms with E-state index in [1.807, 2.05) is 30.3 Å². The van der Waals surface area contributed by atoms with Crippen LogP contribution < -0.4 is 10.6 Å². The highest BCUT2D eigenvalue weighted by molar-refractivity contribution is 5.91. The smallest absolute Gasteiger partial charge is 0.249 e. The van der Waals surface area contributed by atoms with Gasteiger partial charge in [-0.15, -0.1) is 5.10 Å². The summed E-state index contributed by atoms with van der Waals surface area (Å²) in [6, 6.07) is 11.2. The van der Waals surface area contributed by atoms with Gasteiger partial charge >= 0.3 is 0 Å². The van der Waals surface area contributed by atoms with Crippen molar-refractivity contribution < 1.29 is 13.2 Å². The van der Waals surface area contributed by atoms with Crippen LogP contribution in [0, 0.1) is 17.5 Å². The molecule has 0 aliphatic carbocycles. The van der Waals surface area contributed by atoms with E-state index in [2.05, 4.69) is 30.8 Å². The molecule has 2 aromatic carbocycles. The number of para-hydroxylation sites is 1. The predicted octanol–water partition coefficient (Wildman–Crippen LogP) is 4.32. The number of rotatable bonds is 4. The molecule has 2 heterocycles. The van der Waals surface area contributed by atoms with E-state index in [9.17, 15) is 13.2 Å². The molecule has 2 N–H and O–H groups in total. The fraction of sp³-hybridized carbons (Fsp3) is 0. The Labute approximate surface area is 151 Å². The van der Waals surface area contributed by atoms with Gasteiger partial charge in [0.05, 0.1) is 23.1 Å². The molecule has 134 valence electrons. The third-order valence-corrected chi connectivity index (χ3v) is 3.74. The molecular weight excluding hydrogens is 357 g/mol. The van der Waals surface area contributed by atoms with E-state index in [1.54, 1.807) is 6.20 Å². The number of benzene rings is 2. The van der Waals surface area contributed by atoms with E-state index in [1.165, 1.54) is 6.20 Å². The lowest BCUT2D eigenvalue weighted by atomic mass is 10.2. The molecule has 27 heavy (non-hydrogen) atoms. The van der Waals surface area contributed by atoms with Gasteiger partial charge in [0, 0.05) is 11.6 Å². The molecule has 0 unspecified atom stereocenters. The van der Waals surface area contributed by atoms with Gasteiger partial charge in [-0.05, 0) is 24.3 Å². The van der Waals surface area contributed by atoms with Crippen LogP contribution in [0.5, 0.6) is 0 Å². The fourth-order valence-corrected chi connectivity index (χ4v) is 2.50. The van der Waals surface area contributed by atoms with Crippen LogP contribution in [0.3, 0.4) is 0 Å². The van der Waals surface area contributed by atoms with Gasteiger partial charge in [0.1, 0.15) is 0 Å². The van der Waals surface area contributed by atoms with E-state index >= 15 is 0 Å². The lowest BCUT2D eigenvalue weighted by Crippen LogP contribution is -2.05. The number of nitrogens with zero attached hydrogens (tertiary/aromatic N) is 4. The van der Waals surface area contributed by atoms with Crippen molar-refractivity contribution in [2.75, 3.05) is 10.6 Å². The van der Waals surface area contributed by atoms with Crippen LogP contribution in [0.2, 0.25) is 0 Å². The number of fused-ring (bicyclic) bond motifs is 1. The third kappa shape index (κ3) is 3.34. The predicted molar refractivity (Wildman–Crippen MR) is 94.5 cm³/mol. The summed E-state index contributed by atoms with van der Waals surface area (Å²) in [5.74, 6) is -4.00. The Morgan fingerprint density at radius 2 is 1.67 bits per heavy atom. The van der Waals surface area contributed by atoms with Crippen LogP contribution in [0.15, 0.2) is 54.9 Å². The number of pyridine rings is 1. The summed E-state index contributed by atoms with van der Waals surface area (Å²) in [5.41, 5.74) is 1.12. The minimum atomic E-state index is -1.58. The summed E-state index contributed by atoms with van der Waals surface area (Å²) in [6.07, 6.45) is 3.04. The second kappa shape index (κ2) is 6.87. The Bertz CT molecular complexity index is 1130. The maximum atomic E-state index is 13.8. The average Bonchev–Trinajstić information content (AvgIpc) is 2.69. The molecule has 4 aromatic rings. The van der Waals surface area contributed by atoms with Crippen LogP contribution in [0.1, 0.15) is 0 Å². The maximum absolute atomic E-state index is 13.8. The van der Waals surface area contributed by atoms with Crippen LogP contribution in [0.25, 0.3) is 10.9 Å². The molecule has 0 bridgehead atoms. The number of aromatic nitrogens is 4. The zero-order valence-electron chi connectivity index (χ0n) is 13.6. The third-order valence-electron chi connectivity index (χ3n) is 3.74. The Morgan fingerprint density at radius 1 is 0.815 bits per heavy atom. The van der Waals surface area contributed by atoms with Crippen LogP contribution >= 0.6 is 0 Å². The van der Waals surface area contributed by atoms with Crippen LogP contribution in [0.4, 0.5) is 36.3 Å². The van der Waals surface area contributed by atoms with Crippen LogP contribution in [-0.2, 0) is 0 Å². The molecular formula is C18H11F3N6. The molecule has 0 fully saturated rings.